The summed E-state index contributed by atoms with van der Waals surface area (Å²) in [5, 5.41) is 7.35. The number of nitrogens with one attached hydrogen (secondary N) is 2. The van der Waals surface area contributed by atoms with E-state index in [0.29, 0.717) is 39.8 Å². The Balaban J connectivity index is 1.33. The van der Waals surface area contributed by atoms with Crippen molar-refractivity contribution in [2.45, 2.75) is 43.0 Å². The highest BCUT2D eigenvalue weighted by Gasteiger charge is 2.17. The lowest BCUT2D eigenvalue weighted by molar-refractivity contribution is 0.460. The Kier molecular flexibility index (Phi) is 8.01. The van der Waals surface area contributed by atoms with Crippen molar-refractivity contribution < 1.29 is 4.39 Å². The molecule has 0 bridgehead atoms. The summed E-state index contributed by atoms with van der Waals surface area (Å²) in [4.78, 5) is 18.4. The quantitative estimate of drug-likeness (QED) is 0.227. The van der Waals surface area contributed by atoms with Gasteiger partial charge in [-0.1, -0.05) is 43.0 Å². The summed E-state index contributed by atoms with van der Waals surface area (Å²) in [6.45, 7) is 0. The van der Waals surface area contributed by atoms with Crippen LogP contribution >= 0.6 is 23.5 Å². The van der Waals surface area contributed by atoms with Gasteiger partial charge in [0, 0.05) is 36.1 Å². The molecule has 5 rings (SSSR count). The van der Waals surface area contributed by atoms with Crippen LogP contribution in [0.5, 0.6) is 0 Å². The van der Waals surface area contributed by atoms with Crippen molar-refractivity contribution in [3.8, 4) is 11.4 Å². The average molecular weight is 536 g/mol. The van der Waals surface area contributed by atoms with E-state index in [0.717, 1.165) is 23.4 Å². The average Bonchev–Trinajstić information content (AvgIpc) is 2.91. The molecule has 2 N–H and O–H groups in total. The van der Waals surface area contributed by atoms with Gasteiger partial charge in [0.15, 0.2) is 5.82 Å². The number of hydrogen-bond acceptors (Lipinski definition) is 8. The molecule has 1 fully saturated rings. The van der Waals surface area contributed by atoms with Gasteiger partial charge in [-0.3, -0.25) is 4.98 Å². The van der Waals surface area contributed by atoms with E-state index >= 15 is 4.39 Å². The molecule has 0 radical (unpaired) electrons. The molecule has 0 atom stereocenters. The van der Waals surface area contributed by atoms with E-state index in [1.165, 1.54) is 43.6 Å². The standard InChI is InChI=1S/C27H27ClFN7S/c1-36(37-25-10-6-5-9-21(25)28)24-12-11-19(15-22(24)29)33-23-13-14-30-16-20(23)26-31-17-32-27(35-26)34-18-7-3-2-4-8-18/h5-6,9-18H,2-4,7-8H2,1H3,(H,30,33)(H,31,32,34,35). The fourth-order valence-electron chi connectivity index (χ4n) is 4.32. The van der Waals surface area contributed by atoms with Gasteiger partial charge in [-0.05, 0) is 61.2 Å². The molecule has 1 aliphatic carbocycles. The van der Waals surface area contributed by atoms with Gasteiger partial charge in [0.2, 0.25) is 5.95 Å². The molecule has 7 nitrogen and oxygen atoms in total. The van der Waals surface area contributed by atoms with Gasteiger partial charge in [-0.25, -0.2) is 14.4 Å². The van der Waals surface area contributed by atoms with E-state index in [1.807, 2.05) is 36.4 Å². The van der Waals surface area contributed by atoms with Crippen molar-refractivity contribution in [2.75, 3.05) is 22.0 Å². The monoisotopic (exact) mass is 535 g/mol. The number of halogens is 2. The second-order valence-electron chi connectivity index (χ2n) is 8.84. The lowest BCUT2D eigenvalue weighted by atomic mass is 9.96. The molecule has 0 amide bonds. The molecule has 0 unspecified atom stereocenters. The van der Waals surface area contributed by atoms with Crippen LogP contribution in [0.3, 0.4) is 0 Å². The van der Waals surface area contributed by atoms with Crippen molar-refractivity contribution in [1.82, 2.24) is 19.9 Å². The van der Waals surface area contributed by atoms with Crippen molar-refractivity contribution in [3.05, 3.63) is 78.1 Å². The van der Waals surface area contributed by atoms with E-state index in [9.17, 15) is 0 Å². The molecule has 1 aliphatic rings. The molecule has 190 valence electrons. The van der Waals surface area contributed by atoms with Crippen LogP contribution in [0.25, 0.3) is 11.4 Å². The Morgan fingerprint density at radius 1 is 1.05 bits per heavy atom. The summed E-state index contributed by atoms with van der Waals surface area (Å²) >= 11 is 7.63. The molecular weight excluding hydrogens is 509 g/mol. The second-order valence-corrected chi connectivity index (χ2v) is 10.4. The summed E-state index contributed by atoms with van der Waals surface area (Å²) in [6.07, 6.45) is 10.8. The molecule has 0 saturated heterocycles. The smallest absolute Gasteiger partial charge is 0.226 e. The Morgan fingerprint density at radius 3 is 2.70 bits per heavy atom. The highest BCUT2D eigenvalue weighted by molar-refractivity contribution is 8.00. The fraction of sp³-hybridized carbons (Fsp3) is 0.259. The van der Waals surface area contributed by atoms with Crippen LogP contribution in [-0.4, -0.2) is 33.0 Å². The summed E-state index contributed by atoms with van der Waals surface area (Å²) in [6, 6.07) is 14.7. The topological polar surface area (TPSA) is 78.9 Å². The minimum atomic E-state index is -0.359. The van der Waals surface area contributed by atoms with Crippen molar-refractivity contribution in [3.63, 3.8) is 0 Å². The Hall–Kier alpha value is -3.43. The van der Waals surface area contributed by atoms with Gasteiger partial charge in [0.1, 0.15) is 12.1 Å². The first kappa shape index (κ1) is 25.2. The first-order chi connectivity index (χ1) is 18.1. The van der Waals surface area contributed by atoms with Crippen molar-refractivity contribution in [2.24, 2.45) is 0 Å². The van der Waals surface area contributed by atoms with Gasteiger partial charge >= 0.3 is 0 Å². The number of hydrogen-bond donors (Lipinski definition) is 2. The Morgan fingerprint density at radius 2 is 1.89 bits per heavy atom. The van der Waals surface area contributed by atoms with E-state index in [-0.39, 0.29) is 5.82 Å². The highest BCUT2D eigenvalue weighted by Crippen LogP contribution is 2.35. The second kappa shape index (κ2) is 11.7. The van der Waals surface area contributed by atoms with Crippen LogP contribution in [0.15, 0.2) is 72.1 Å². The fourth-order valence-corrected chi connectivity index (χ4v) is 5.39. The van der Waals surface area contributed by atoms with Crippen LogP contribution in [-0.2, 0) is 0 Å². The molecule has 2 heterocycles. The number of aromatic nitrogens is 4. The largest absolute Gasteiger partial charge is 0.355 e. The number of rotatable bonds is 8. The molecule has 0 spiro atoms. The van der Waals surface area contributed by atoms with E-state index in [2.05, 4.69) is 30.6 Å². The van der Waals surface area contributed by atoms with Crippen LogP contribution in [0.1, 0.15) is 32.1 Å². The lowest BCUT2D eigenvalue weighted by Crippen LogP contribution is -2.23. The SMILES string of the molecule is CN(Sc1ccccc1Cl)c1ccc(Nc2ccncc2-c2ncnc(NC3CCCCC3)n2)cc1F. The Bertz CT molecular complexity index is 1370. The molecule has 0 aliphatic heterocycles. The van der Waals surface area contributed by atoms with Crippen LogP contribution < -0.4 is 14.9 Å². The van der Waals surface area contributed by atoms with Gasteiger partial charge in [-0.2, -0.15) is 4.98 Å². The maximum atomic E-state index is 15.1. The number of pyridine rings is 1. The predicted molar refractivity (Wildman–Crippen MR) is 149 cm³/mol. The van der Waals surface area contributed by atoms with E-state index < -0.39 is 0 Å². The van der Waals surface area contributed by atoms with Crippen molar-refractivity contribution >= 4 is 46.6 Å². The molecule has 37 heavy (non-hydrogen) atoms. The summed E-state index contributed by atoms with van der Waals surface area (Å²) in [7, 11) is 1.81. The molecule has 4 aromatic rings. The van der Waals surface area contributed by atoms with Gasteiger partial charge in [0.05, 0.1) is 22.0 Å². The Labute approximate surface area is 225 Å². The van der Waals surface area contributed by atoms with Gasteiger partial charge < -0.3 is 14.9 Å². The third-order valence-corrected chi connectivity index (χ3v) is 7.67. The van der Waals surface area contributed by atoms with E-state index in [4.69, 9.17) is 11.6 Å². The summed E-state index contributed by atoms with van der Waals surface area (Å²) in [5.41, 5.74) is 2.46. The summed E-state index contributed by atoms with van der Waals surface area (Å²) < 4.78 is 16.9. The number of anilines is 4. The minimum Gasteiger partial charge on any atom is -0.355 e. The van der Waals surface area contributed by atoms with Crippen LogP contribution in [0, 0.1) is 5.82 Å². The van der Waals surface area contributed by atoms with Crippen LogP contribution in [0.2, 0.25) is 5.02 Å². The third-order valence-electron chi connectivity index (χ3n) is 6.21. The zero-order valence-electron chi connectivity index (χ0n) is 20.4. The molecule has 1 saturated carbocycles. The van der Waals surface area contributed by atoms with Crippen LogP contribution in [0.4, 0.5) is 27.4 Å². The number of benzene rings is 2. The molecular formula is C27H27ClFN7S. The minimum absolute atomic E-state index is 0.359. The normalized spacial score (nSPS) is 13.8. The molecule has 2 aromatic carbocycles. The molecule has 10 heteroatoms. The first-order valence-corrected chi connectivity index (χ1v) is 13.3. The first-order valence-electron chi connectivity index (χ1n) is 12.2. The number of nitrogens with zero attached hydrogens (tertiary/aromatic N) is 5. The maximum Gasteiger partial charge on any atom is 0.226 e. The zero-order chi connectivity index (χ0) is 25.6. The highest BCUT2D eigenvalue weighted by atomic mass is 35.5. The van der Waals surface area contributed by atoms with Crippen molar-refractivity contribution in [1.29, 1.82) is 0 Å². The summed E-state index contributed by atoms with van der Waals surface area (Å²) in [5.74, 6) is 0.694. The zero-order valence-corrected chi connectivity index (χ0v) is 21.9. The van der Waals surface area contributed by atoms with E-state index in [1.54, 1.807) is 29.8 Å². The van der Waals surface area contributed by atoms with Gasteiger partial charge in [0.25, 0.3) is 0 Å². The lowest BCUT2D eigenvalue weighted by Gasteiger charge is -2.22. The maximum absolute atomic E-state index is 15.1. The predicted octanol–water partition coefficient (Wildman–Crippen LogP) is 7.36. The van der Waals surface area contributed by atoms with Gasteiger partial charge in [-0.15, -0.1) is 0 Å². The molecule has 2 aromatic heterocycles. The third kappa shape index (κ3) is 6.29.